The van der Waals surface area contributed by atoms with Gasteiger partial charge in [0.1, 0.15) is 17.4 Å². The van der Waals surface area contributed by atoms with E-state index in [1.165, 1.54) is 0 Å². The number of pyridine rings is 1. The van der Waals surface area contributed by atoms with Crippen LogP contribution >= 0.6 is 0 Å². The maximum atomic E-state index is 13.5. The van der Waals surface area contributed by atoms with Crippen molar-refractivity contribution in [3.05, 3.63) is 69.8 Å². The Morgan fingerprint density at radius 2 is 1.97 bits per heavy atom. The van der Waals surface area contributed by atoms with E-state index in [4.69, 9.17) is 13.9 Å². The SMILES string of the molecule is COc1ccc2c(=O)c3c(oc2c1)C(=O)N(CCCN1CCOCC1)C3c1ccccn1. The van der Waals surface area contributed by atoms with Crippen molar-refractivity contribution in [1.29, 1.82) is 0 Å². The van der Waals surface area contributed by atoms with E-state index in [0.717, 1.165) is 39.3 Å². The summed E-state index contributed by atoms with van der Waals surface area (Å²) in [4.78, 5) is 35.4. The standard InChI is InChI=1S/C24H25N3O5/c1-30-16-6-7-17-19(15-16)32-23-20(22(17)28)21(18-5-2-3-8-25-18)27(24(23)29)10-4-9-26-11-13-31-14-12-26/h2-3,5-8,15,21H,4,9-14H2,1H3. The van der Waals surface area contributed by atoms with Crippen molar-refractivity contribution in [2.24, 2.45) is 0 Å². The van der Waals surface area contributed by atoms with E-state index in [0.29, 0.717) is 34.5 Å². The lowest BCUT2D eigenvalue weighted by atomic mass is 10.0. The molecule has 1 aromatic carbocycles. The van der Waals surface area contributed by atoms with Gasteiger partial charge >= 0.3 is 0 Å². The zero-order valence-electron chi connectivity index (χ0n) is 18.0. The predicted molar refractivity (Wildman–Crippen MR) is 118 cm³/mol. The van der Waals surface area contributed by atoms with Gasteiger partial charge in [-0.05, 0) is 30.7 Å². The molecule has 0 bridgehead atoms. The number of fused-ring (bicyclic) bond motifs is 2. The second-order valence-corrected chi connectivity index (χ2v) is 8.00. The lowest BCUT2D eigenvalue weighted by Crippen LogP contribution is -2.39. The number of methoxy groups -OCH3 is 1. The third-order valence-corrected chi connectivity index (χ3v) is 6.12. The molecule has 0 spiro atoms. The number of ether oxygens (including phenoxy) is 2. The molecule has 0 radical (unpaired) electrons. The van der Waals surface area contributed by atoms with Crippen molar-refractivity contribution in [3.8, 4) is 5.75 Å². The summed E-state index contributed by atoms with van der Waals surface area (Å²) in [7, 11) is 1.55. The van der Waals surface area contributed by atoms with Crippen LogP contribution in [0.5, 0.6) is 5.75 Å². The number of nitrogens with zero attached hydrogens (tertiary/aromatic N) is 3. The third kappa shape index (κ3) is 3.65. The van der Waals surface area contributed by atoms with Gasteiger partial charge in [-0.15, -0.1) is 0 Å². The highest BCUT2D eigenvalue weighted by atomic mass is 16.5. The summed E-state index contributed by atoms with van der Waals surface area (Å²) in [5.41, 5.74) is 1.16. The van der Waals surface area contributed by atoms with Crippen LogP contribution in [-0.4, -0.2) is 67.2 Å². The zero-order valence-corrected chi connectivity index (χ0v) is 18.0. The Labute approximate surface area is 185 Å². The fraction of sp³-hybridized carbons (Fsp3) is 0.375. The number of carbonyl (C=O) groups excluding carboxylic acids is 1. The van der Waals surface area contributed by atoms with Gasteiger partial charge in [0.2, 0.25) is 5.76 Å². The van der Waals surface area contributed by atoms with Crippen LogP contribution in [0.25, 0.3) is 11.0 Å². The Morgan fingerprint density at radius 1 is 1.12 bits per heavy atom. The van der Waals surface area contributed by atoms with Gasteiger partial charge < -0.3 is 18.8 Å². The van der Waals surface area contributed by atoms with Gasteiger partial charge in [-0.1, -0.05) is 6.07 Å². The first-order chi connectivity index (χ1) is 15.7. The van der Waals surface area contributed by atoms with E-state index < -0.39 is 6.04 Å². The highest BCUT2D eigenvalue weighted by Gasteiger charge is 2.43. The van der Waals surface area contributed by atoms with Crippen LogP contribution in [0.2, 0.25) is 0 Å². The molecule has 2 aromatic heterocycles. The molecule has 3 aromatic rings. The van der Waals surface area contributed by atoms with Crippen molar-refractivity contribution in [2.45, 2.75) is 12.5 Å². The van der Waals surface area contributed by atoms with Crippen LogP contribution in [0, 0.1) is 0 Å². The molecule has 2 aliphatic heterocycles. The van der Waals surface area contributed by atoms with Crippen LogP contribution in [0.4, 0.5) is 0 Å². The lowest BCUT2D eigenvalue weighted by Gasteiger charge is -2.28. The normalized spacial score (nSPS) is 18.8. The molecular formula is C24H25N3O5. The summed E-state index contributed by atoms with van der Waals surface area (Å²) in [6.07, 6.45) is 2.46. The largest absolute Gasteiger partial charge is 0.497 e. The first-order valence-corrected chi connectivity index (χ1v) is 10.8. The number of carbonyl (C=O) groups is 1. The van der Waals surface area contributed by atoms with E-state index in [2.05, 4.69) is 9.88 Å². The average molecular weight is 435 g/mol. The monoisotopic (exact) mass is 435 g/mol. The van der Waals surface area contributed by atoms with Crippen LogP contribution in [-0.2, 0) is 4.74 Å². The average Bonchev–Trinajstić information content (AvgIpc) is 3.12. The molecular weight excluding hydrogens is 410 g/mol. The molecule has 2 aliphatic rings. The Morgan fingerprint density at radius 3 is 2.72 bits per heavy atom. The zero-order chi connectivity index (χ0) is 22.1. The minimum absolute atomic E-state index is 0.0952. The van der Waals surface area contributed by atoms with Gasteiger partial charge in [0.25, 0.3) is 5.91 Å². The molecule has 0 saturated carbocycles. The van der Waals surface area contributed by atoms with Gasteiger partial charge in [0.05, 0.1) is 37.0 Å². The summed E-state index contributed by atoms with van der Waals surface area (Å²) in [6, 6.07) is 10.0. The molecule has 8 heteroatoms. The first kappa shape index (κ1) is 20.7. The summed E-state index contributed by atoms with van der Waals surface area (Å²) in [5, 5.41) is 0.424. The van der Waals surface area contributed by atoms with E-state index in [1.54, 1.807) is 36.4 Å². The highest BCUT2D eigenvalue weighted by Crippen LogP contribution is 2.37. The topological polar surface area (TPSA) is 85.1 Å². The number of morpholine rings is 1. The fourth-order valence-electron chi connectivity index (χ4n) is 4.49. The van der Waals surface area contributed by atoms with E-state index >= 15 is 0 Å². The molecule has 166 valence electrons. The summed E-state index contributed by atoms with van der Waals surface area (Å²) in [6.45, 7) is 4.62. The molecule has 1 unspecified atom stereocenters. The van der Waals surface area contributed by atoms with Crippen molar-refractivity contribution >= 4 is 16.9 Å². The molecule has 0 aliphatic carbocycles. The second kappa shape index (κ2) is 8.72. The third-order valence-electron chi connectivity index (χ3n) is 6.12. The summed E-state index contributed by atoms with van der Waals surface area (Å²) in [5.74, 6) is 0.381. The number of hydrogen-bond acceptors (Lipinski definition) is 7. The lowest BCUT2D eigenvalue weighted by molar-refractivity contribution is 0.0353. The Hall–Kier alpha value is -3.23. The second-order valence-electron chi connectivity index (χ2n) is 8.00. The van der Waals surface area contributed by atoms with Gasteiger partial charge in [0, 0.05) is 38.4 Å². The predicted octanol–water partition coefficient (Wildman–Crippen LogP) is 2.46. The minimum atomic E-state index is -0.564. The van der Waals surface area contributed by atoms with Crippen LogP contribution < -0.4 is 10.2 Å². The van der Waals surface area contributed by atoms with Crippen molar-refractivity contribution in [3.63, 3.8) is 0 Å². The van der Waals surface area contributed by atoms with Gasteiger partial charge in [-0.3, -0.25) is 19.5 Å². The molecule has 1 amide bonds. The van der Waals surface area contributed by atoms with E-state index in [-0.39, 0.29) is 17.1 Å². The summed E-state index contributed by atoms with van der Waals surface area (Å²) >= 11 is 0. The van der Waals surface area contributed by atoms with Crippen molar-refractivity contribution in [2.75, 3.05) is 46.5 Å². The number of benzene rings is 1. The molecule has 1 atom stereocenters. The molecule has 4 heterocycles. The van der Waals surface area contributed by atoms with Crippen LogP contribution in [0.3, 0.4) is 0 Å². The quantitative estimate of drug-likeness (QED) is 0.588. The number of hydrogen-bond donors (Lipinski definition) is 0. The molecule has 32 heavy (non-hydrogen) atoms. The van der Waals surface area contributed by atoms with Crippen molar-refractivity contribution in [1.82, 2.24) is 14.8 Å². The maximum absolute atomic E-state index is 13.5. The first-order valence-electron chi connectivity index (χ1n) is 10.8. The Kier molecular flexibility index (Phi) is 5.63. The molecule has 5 rings (SSSR count). The number of aromatic nitrogens is 1. The number of amides is 1. The minimum Gasteiger partial charge on any atom is -0.497 e. The fourth-order valence-corrected chi connectivity index (χ4v) is 4.49. The van der Waals surface area contributed by atoms with E-state index in [9.17, 15) is 9.59 Å². The Bertz CT molecular complexity index is 1190. The molecule has 1 fully saturated rings. The molecule has 1 saturated heterocycles. The number of rotatable bonds is 6. The van der Waals surface area contributed by atoms with Gasteiger partial charge in [0.15, 0.2) is 5.43 Å². The summed E-state index contributed by atoms with van der Waals surface area (Å²) < 4.78 is 16.7. The Balaban J connectivity index is 1.52. The van der Waals surface area contributed by atoms with Crippen LogP contribution in [0.15, 0.2) is 51.8 Å². The maximum Gasteiger partial charge on any atom is 0.290 e. The van der Waals surface area contributed by atoms with Gasteiger partial charge in [-0.2, -0.15) is 0 Å². The van der Waals surface area contributed by atoms with E-state index in [1.807, 2.05) is 18.2 Å². The molecule has 0 N–H and O–H groups in total. The van der Waals surface area contributed by atoms with Crippen LogP contribution in [0.1, 0.15) is 34.3 Å². The van der Waals surface area contributed by atoms with Gasteiger partial charge in [-0.25, -0.2) is 0 Å². The smallest absolute Gasteiger partial charge is 0.290 e. The highest BCUT2D eigenvalue weighted by molar-refractivity contribution is 5.99. The molecule has 8 nitrogen and oxygen atoms in total. The van der Waals surface area contributed by atoms with Crippen molar-refractivity contribution < 1.29 is 18.7 Å².